The van der Waals surface area contributed by atoms with Crippen molar-refractivity contribution >= 4 is 11.7 Å². The van der Waals surface area contributed by atoms with Gasteiger partial charge in [-0.25, -0.2) is 4.68 Å². The standard InChI is InChI=1S/C20H22N6O/c27-20(15-25-13-10-18(24-25)17-8-4-5-11-21-17)23-19-9-12-22-26(19)14-16-6-2-1-3-7-16/h1-2,4-5,8-13,16H,3,6-7,14-15H2,(H,23,27)/t16-/m1/s1. The maximum Gasteiger partial charge on any atom is 0.247 e. The van der Waals surface area contributed by atoms with Gasteiger partial charge in [-0.3, -0.25) is 14.5 Å². The van der Waals surface area contributed by atoms with Crippen LogP contribution in [0.4, 0.5) is 5.82 Å². The van der Waals surface area contributed by atoms with E-state index in [1.807, 2.05) is 35.0 Å². The predicted molar refractivity (Wildman–Crippen MR) is 103 cm³/mol. The van der Waals surface area contributed by atoms with Crippen LogP contribution in [0.2, 0.25) is 0 Å². The van der Waals surface area contributed by atoms with Crippen LogP contribution in [0.15, 0.2) is 61.1 Å². The highest BCUT2D eigenvalue weighted by Crippen LogP contribution is 2.21. The lowest BCUT2D eigenvalue weighted by molar-refractivity contribution is -0.116. The van der Waals surface area contributed by atoms with Crippen LogP contribution in [0, 0.1) is 5.92 Å². The van der Waals surface area contributed by atoms with Gasteiger partial charge in [0.2, 0.25) is 5.91 Å². The van der Waals surface area contributed by atoms with Crippen molar-refractivity contribution in [3.05, 3.63) is 61.1 Å². The molecule has 0 spiro atoms. The number of nitrogens with zero attached hydrogens (tertiary/aromatic N) is 5. The summed E-state index contributed by atoms with van der Waals surface area (Å²) in [5.41, 5.74) is 1.54. The maximum atomic E-state index is 12.4. The van der Waals surface area contributed by atoms with Gasteiger partial charge in [-0.05, 0) is 43.4 Å². The minimum absolute atomic E-state index is 0.129. The number of aromatic nitrogens is 5. The van der Waals surface area contributed by atoms with Crippen LogP contribution in [-0.4, -0.2) is 30.5 Å². The first-order valence-electron chi connectivity index (χ1n) is 9.19. The number of rotatable bonds is 6. The molecule has 0 saturated carbocycles. The van der Waals surface area contributed by atoms with Gasteiger partial charge in [-0.1, -0.05) is 18.2 Å². The molecule has 0 unspecified atom stereocenters. The van der Waals surface area contributed by atoms with E-state index in [9.17, 15) is 4.79 Å². The Morgan fingerprint density at radius 2 is 2.11 bits per heavy atom. The number of carbonyl (C=O) groups excluding carboxylic acids is 1. The minimum Gasteiger partial charge on any atom is -0.309 e. The molecular weight excluding hydrogens is 340 g/mol. The smallest absolute Gasteiger partial charge is 0.247 e. The van der Waals surface area contributed by atoms with E-state index < -0.39 is 0 Å². The molecule has 3 heterocycles. The molecule has 138 valence electrons. The molecule has 27 heavy (non-hydrogen) atoms. The Kier molecular flexibility index (Phi) is 5.09. The molecule has 3 aromatic rings. The highest BCUT2D eigenvalue weighted by molar-refractivity contribution is 5.89. The van der Waals surface area contributed by atoms with Crippen LogP contribution in [0.5, 0.6) is 0 Å². The lowest BCUT2D eigenvalue weighted by Crippen LogP contribution is -2.22. The number of allylic oxidation sites excluding steroid dienone is 2. The number of hydrogen-bond donors (Lipinski definition) is 1. The first-order chi connectivity index (χ1) is 13.3. The summed E-state index contributed by atoms with van der Waals surface area (Å²) in [7, 11) is 0. The third-order valence-corrected chi connectivity index (χ3v) is 4.67. The second kappa shape index (κ2) is 7.99. The molecule has 0 bridgehead atoms. The van der Waals surface area contributed by atoms with Crippen LogP contribution in [0.1, 0.15) is 19.3 Å². The van der Waals surface area contributed by atoms with E-state index in [-0.39, 0.29) is 12.5 Å². The van der Waals surface area contributed by atoms with Gasteiger partial charge in [0.05, 0.1) is 11.9 Å². The van der Waals surface area contributed by atoms with E-state index in [4.69, 9.17) is 0 Å². The lowest BCUT2D eigenvalue weighted by Gasteiger charge is -2.19. The summed E-state index contributed by atoms with van der Waals surface area (Å²) in [4.78, 5) is 16.7. The molecule has 3 aromatic heterocycles. The molecule has 1 N–H and O–H groups in total. The Balaban J connectivity index is 1.37. The van der Waals surface area contributed by atoms with Crippen LogP contribution >= 0.6 is 0 Å². The lowest BCUT2D eigenvalue weighted by atomic mass is 9.94. The van der Waals surface area contributed by atoms with Gasteiger partial charge in [0.1, 0.15) is 18.1 Å². The fourth-order valence-corrected chi connectivity index (χ4v) is 3.28. The minimum atomic E-state index is -0.129. The van der Waals surface area contributed by atoms with E-state index in [1.54, 1.807) is 23.3 Å². The van der Waals surface area contributed by atoms with Crippen LogP contribution in [0.25, 0.3) is 11.4 Å². The number of nitrogens with one attached hydrogen (secondary N) is 1. The second-order valence-corrected chi connectivity index (χ2v) is 6.71. The molecule has 1 aliphatic carbocycles. The van der Waals surface area contributed by atoms with Crippen molar-refractivity contribution in [1.29, 1.82) is 0 Å². The van der Waals surface area contributed by atoms with Crippen molar-refractivity contribution in [3.8, 4) is 11.4 Å². The van der Waals surface area contributed by atoms with E-state index in [0.29, 0.717) is 5.92 Å². The van der Waals surface area contributed by atoms with Crippen LogP contribution in [0.3, 0.4) is 0 Å². The summed E-state index contributed by atoms with van der Waals surface area (Å²) in [5, 5.41) is 11.7. The van der Waals surface area contributed by atoms with Crippen LogP contribution < -0.4 is 5.32 Å². The molecule has 1 aliphatic rings. The number of pyridine rings is 1. The Bertz CT molecular complexity index is 927. The van der Waals surface area contributed by atoms with E-state index in [0.717, 1.165) is 43.0 Å². The highest BCUT2D eigenvalue weighted by Gasteiger charge is 2.15. The summed E-state index contributed by atoms with van der Waals surface area (Å²) < 4.78 is 3.50. The maximum absolute atomic E-state index is 12.4. The monoisotopic (exact) mass is 362 g/mol. The average molecular weight is 362 g/mol. The molecule has 0 fully saturated rings. The summed E-state index contributed by atoms with van der Waals surface area (Å²) in [5.74, 6) is 1.17. The van der Waals surface area contributed by atoms with Gasteiger partial charge in [-0.15, -0.1) is 0 Å². The predicted octanol–water partition coefficient (Wildman–Crippen LogP) is 3.14. The summed E-state index contributed by atoms with van der Waals surface area (Å²) >= 11 is 0. The zero-order valence-electron chi connectivity index (χ0n) is 15.0. The van der Waals surface area contributed by atoms with Gasteiger partial charge in [-0.2, -0.15) is 10.2 Å². The molecule has 0 aromatic carbocycles. The van der Waals surface area contributed by atoms with Crippen molar-refractivity contribution in [2.75, 3.05) is 5.32 Å². The highest BCUT2D eigenvalue weighted by atomic mass is 16.2. The quantitative estimate of drug-likeness (QED) is 0.684. The second-order valence-electron chi connectivity index (χ2n) is 6.71. The van der Waals surface area contributed by atoms with E-state index >= 15 is 0 Å². The molecular formula is C20H22N6O. The van der Waals surface area contributed by atoms with Crippen LogP contribution in [-0.2, 0) is 17.9 Å². The first kappa shape index (κ1) is 17.2. The molecule has 0 aliphatic heterocycles. The van der Waals surface area contributed by atoms with Gasteiger partial charge in [0, 0.05) is 25.0 Å². The largest absolute Gasteiger partial charge is 0.309 e. The molecule has 7 nitrogen and oxygen atoms in total. The summed E-state index contributed by atoms with van der Waals surface area (Å²) in [6.45, 7) is 0.961. The fourth-order valence-electron chi connectivity index (χ4n) is 3.28. The number of hydrogen-bond acceptors (Lipinski definition) is 4. The topological polar surface area (TPSA) is 77.6 Å². The van der Waals surface area contributed by atoms with Gasteiger partial charge in [0.15, 0.2) is 0 Å². The van der Waals surface area contributed by atoms with Crippen molar-refractivity contribution < 1.29 is 4.79 Å². The zero-order valence-corrected chi connectivity index (χ0v) is 15.0. The molecule has 7 heteroatoms. The number of carbonyl (C=O) groups is 1. The Morgan fingerprint density at radius 1 is 1.15 bits per heavy atom. The first-order valence-corrected chi connectivity index (χ1v) is 9.19. The Morgan fingerprint density at radius 3 is 2.93 bits per heavy atom. The van der Waals surface area contributed by atoms with E-state index in [1.165, 1.54) is 0 Å². The Labute approximate surface area is 157 Å². The van der Waals surface area contributed by atoms with Gasteiger partial charge < -0.3 is 5.32 Å². The fraction of sp³-hybridized carbons (Fsp3) is 0.300. The average Bonchev–Trinajstić information content (AvgIpc) is 3.33. The Hall–Kier alpha value is -3.22. The third-order valence-electron chi connectivity index (χ3n) is 4.67. The molecule has 1 amide bonds. The normalized spacial score (nSPS) is 16.4. The number of anilines is 1. The van der Waals surface area contributed by atoms with Crippen molar-refractivity contribution in [3.63, 3.8) is 0 Å². The van der Waals surface area contributed by atoms with Crippen molar-refractivity contribution in [1.82, 2.24) is 24.5 Å². The van der Waals surface area contributed by atoms with Crippen molar-refractivity contribution in [2.45, 2.75) is 32.4 Å². The molecule has 1 atom stereocenters. The number of amides is 1. The molecule has 0 radical (unpaired) electrons. The SMILES string of the molecule is O=C(Cn1ccc(-c2ccccn2)n1)Nc1ccnn1C[C@@H]1CC=CCC1. The summed E-state index contributed by atoms with van der Waals surface area (Å²) in [6, 6.07) is 9.36. The molecule has 0 saturated heterocycles. The third kappa shape index (κ3) is 4.31. The van der Waals surface area contributed by atoms with E-state index in [2.05, 4.69) is 32.7 Å². The molecule has 4 rings (SSSR count). The van der Waals surface area contributed by atoms with Gasteiger partial charge in [0.25, 0.3) is 0 Å². The summed E-state index contributed by atoms with van der Waals surface area (Å²) in [6.07, 6.45) is 13.0. The van der Waals surface area contributed by atoms with Gasteiger partial charge >= 0.3 is 0 Å². The zero-order chi connectivity index (χ0) is 18.5. The van der Waals surface area contributed by atoms with Crippen molar-refractivity contribution in [2.24, 2.45) is 5.92 Å².